The molecule has 0 aliphatic carbocycles. The van der Waals surface area contributed by atoms with Gasteiger partial charge in [0.1, 0.15) is 0 Å². The number of nitrogens with zero attached hydrogens (tertiary/aromatic N) is 2. The fourth-order valence-electron chi connectivity index (χ4n) is 3.26. The predicted molar refractivity (Wildman–Crippen MR) is 131 cm³/mol. The van der Waals surface area contributed by atoms with Crippen LogP contribution in [0.4, 0.5) is 0 Å². The van der Waals surface area contributed by atoms with E-state index in [4.69, 9.17) is 0 Å². The smallest absolute Gasteiger partial charge is 0.302 e. The van der Waals surface area contributed by atoms with Crippen LogP contribution < -0.4 is 0 Å². The van der Waals surface area contributed by atoms with Crippen LogP contribution in [-0.2, 0) is 20.1 Å². The van der Waals surface area contributed by atoms with E-state index in [9.17, 15) is 0 Å². The van der Waals surface area contributed by atoms with Crippen molar-refractivity contribution in [1.29, 1.82) is 0 Å². The van der Waals surface area contributed by atoms with Gasteiger partial charge in [-0.05, 0) is 37.7 Å². The molecule has 0 unspecified atom stereocenters. The third-order valence-corrected chi connectivity index (χ3v) is 4.87. The molecule has 2 nitrogen and oxygen atoms in total. The number of aryl methyl sites for hydroxylation is 2. The summed E-state index contributed by atoms with van der Waals surface area (Å²) in [6, 6.07) is 43.6. The van der Waals surface area contributed by atoms with Crippen LogP contribution >= 0.6 is 0 Å². The van der Waals surface area contributed by atoms with Gasteiger partial charge in [-0.1, -0.05) is 23.8 Å². The van der Waals surface area contributed by atoms with Crippen LogP contribution in [0.15, 0.2) is 103 Å². The second-order valence-electron chi connectivity index (χ2n) is 7.37. The second-order valence-corrected chi connectivity index (χ2v) is 7.37. The molecular weight excluding hydrogens is 581 g/mol. The largest absolute Gasteiger partial charge is 3.00 e. The predicted octanol–water partition coefficient (Wildman–Crippen LogP) is 7.18. The Bertz CT molecular complexity index is 1270. The molecule has 0 bridgehead atoms. The summed E-state index contributed by atoms with van der Waals surface area (Å²) in [5.74, 6) is 0. The van der Waals surface area contributed by atoms with Crippen LogP contribution in [0.5, 0.6) is 0 Å². The van der Waals surface area contributed by atoms with E-state index < -0.39 is 0 Å². The summed E-state index contributed by atoms with van der Waals surface area (Å²) in [5.41, 5.74) is 8.28. The third-order valence-electron chi connectivity index (χ3n) is 4.87. The van der Waals surface area contributed by atoms with E-state index in [0.29, 0.717) is 0 Å². The van der Waals surface area contributed by atoms with Gasteiger partial charge in [-0.25, -0.2) is 11.1 Å². The molecule has 2 aromatic heterocycles. The molecule has 162 valence electrons. The van der Waals surface area contributed by atoms with Gasteiger partial charge in [0.25, 0.3) is 0 Å². The fourth-order valence-corrected chi connectivity index (χ4v) is 3.26. The first kappa shape index (κ1) is 24.3. The molecule has 2 heterocycles. The summed E-state index contributed by atoms with van der Waals surface area (Å²) in [4.78, 5) is 8.93. The van der Waals surface area contributed by atoms with Crippen molar-refractivity contribution in [3.8, 4) is 33.6 Å². The molecule has 33 heavy (non-hydrogen) atoms. The minimum absolute atomic E-state index is 0. The van der Waals surface area contributed by atoms with Crippen LogP contribution in [0.1, 0.15) is 11.4 Å². The van der Waals surface area contributed by atoms with Crippen molar-refractivity contribution in [2.75, 3.05) is 0 Å². The van der Waals surface area contributed by atoms with Crippen molar-refractivity contribution < 1.29 is 20.1 Å². The third kappa shape index (κ3) is 6.79. The maximum atomic E-state index is 4.52. The Labute approximate surface area is 209 Å². The van der Waals surface area contributed by atoms with Gasteiger partial charge >= 0.3 is 20.1 Å². The number of pyridine rings is 2. The normalized spacial score (nSPS) is 9.88. The molecule has 5 rings (SSSR count). The van der Waals surface area contributed by atoms with Crippen molar-refractivity contribution in [1.82, 2.24) is 9.97 Å². The van der Waals surface area contributed by atoms with Crippen LogP contribution in [-0.4, -0.2) is 9.97 Å². The topological polar surface area (TPSA) is 25.8 Å². The molecule has 0 aliphatic rings. The maximum absolute atomic E-state index is 4.52. The van der Waals surface area contributed by atoms with Crippen molar-refractivity contribution in [2.24, 2.45) is 0 Å². The molecule has 0 radical (unpaired) electrons. The zero-order valence-corrected chi connectivity index (χ0v) is 20.9. The van der Waals surface area contributed by atoms with Gasteiger partial charge < -0.3 is 4.98 Å². The van der Waals surface area contributed by atoms with E-state index in [1.54, 1.807) is 0 Å². The molecule has 0 saturated heterocycles. The Hall–Kier alpha value is -3.39. The van der Waals surface area contributed by atoms with Crippen LogP contribution in [0.3, 0.4) is 0 Å². The summed E-state index contributed by atoms with van der Waals surface area (Å²) in [7, 11) is 0. The molecule has 0 amide bonds. The molecular formula is C30H23IrN2. The van der Waals surface area contributed by atoms with Gasteiger partial charge in [0, 0.05) is 17.1 Å². The monoisotopic (exact) mass is 604 g/mol. The minimum Gasteiger partial charge on any atom is -0.302 e. The Morgan fingerprint density at radius 1 is 0.515 bits per heavy atom. The Balaban J connectivity index is 0.000000192. The minimum atomic E-state index is 0. The Morgan fingerprint density at radius 2 is 1.09 bits per heavy atom. The molecule has 0 saturated carbocycles. The number of benzene rings is 3. The molecule has 3 aromatic carbocycles. The summed E-state index contributed by atoms with van der Waals surface area (Å²) in [6.45, 7) is 3.99. The van der Waals surface area contributed by atoms with Crippen LogP contribution in [0.2, 0.25) is 0 Å². The SMILES string of the molecule is Cc1cccc(-c2[c-]cccc2)n1.Cc1cccc(-c2c[c-]c(-c3[c-]cccc3)cc2)n1.[Ir+3]. The number of hydrogen-bond donors (Lipinski definition) is 0. The van der Waals surface area contributed by atoms with Gasteiger partial charge in [-0.3, -0.25) is 4.98 Å². The molecule has 5 aromatic rings. The van der Waals surface area contributed by atoms with Crippen LogP contribution in [0.25, 0.3) is 33.6 Å². The van der Waals surface area contributed by atoms with E-state index in [2.05, 4.69) is 40.3 Å². The van der Waals surface area contributed by atoms with Crippen molar-refractivity contribution in [3.63, 3.8) is 0 Å². The quantitative estimate of drug-likeness (QED) is 0.204. The van der Waals surface area contributed by atoms with Gasteiger partial charge in [0.15, 0.2) is 0 Å². The van der Waals surface area contributed by atoms with E-state index in [-0.39, 0.29) is 20.1 Å². The van der Waals surface area contributed by atoms with E-state index >= 15 is 0 Å². The molecule has 0 atom stereocenters. The molecule has 0 spiro atoms. The number of hydrogen-bond acceptors (Lipinski definition) is 2. The summed E-state index contributed by atoms with van der Waals surface area (Å²) in [6.07, 6.45) is 0. The fraction of sp³-hybridized carbons (Fsp3) is 0.0667. The van der Waals surface area contributed by atoms with Crippen molar-refractivity contribution >= 4 is 0 Å². The number of aromatic nitrogens is 2. The molecule has 0 N–H and O–H groups in total. The Kier molecular flexibility index (Phi) is 8.83. The van der Waals surface area contributed by atoms with Crippen molar-refractivity contribution in [2.45, 2.75) is 13.8 Å². The standard InChI is InChI=1S/C18H13N.C12H10N.Ir/c1-14-6-5-9-18(19-14)17-12-10-16(11-13-17)15-7-3-2-4-8-15;1-10-6-5-9-12(13-10)11-7-3-2-4-8-11;/h2-7,9-10,12-13H,1H3;2-7,9H,1H3;/q-2;-1;+3. The molecule has 0 aliphatic heterocycles. The average Bonchev–Trinajstić information content (AvgIpc) is 2.86. The first-order chi connectivity index (χ1) is 15.7. The summed E-state index contributed by atoms with van der Waals surface area (Å²) >= 11 is 0. The first-order valence-corrected chi connectivity index (χ1v) is 10.5. The summed E-state index contributed by atoms with van der Waals surface area (Å²) in [5, 5.41) is 0. The van der Waals surface area contributed by atoms with Gasteiger partial charge in [-0.15, -0.1) is 54.1 Å². The van der Waals surface area contributed by atoms with Crippen LogP contribution in [0, 0.1) is 32.0 Å². The van der Waals surface area contributed by atoms with Gasteiger partial charge in [0.2, 0.25) is 0 Å². The zero-order valence-electron chi connectivity index (χ0n) is 18.5. The van der Waals surface area contributed by atoms with Gasteiger partial charge in [0.05, 0.1) is 0 Å². The van der Waals surface area contributed by atoms with E-state index in [1.807, 2.05) is 105 Å². The average molecular weight is 604 g/mol. The summed E-state index contributed by atoms with van der Waals surface area (Å²) < 4.78 is 0. The van der Waals surface area contributed by atoms with Crippen molar-refractivity contribution in [3.05, 3.63) is 133 Å². The maximum Gasteiger partial charge on any atom is 3.00 e. The van der Waals surface area contributed by atoms with E-state index in [0.717, 1.165) is 45.0 Å². The number of rotatable bonds is 3. The van der Waals surface area contributed by atoms with E-state index in [1.165, 1.54) is 0 Å². The zero-order chi connectivity index (χ0) is 22.2. The van der Waals surface area contributed by atoms with Gasteiger partial charge in [-0.2, -0.15) is 36.4 Å². The molecule has 0 fully saturated rings. The Morgan fingerprint density at radius 3 is 1.64 bits per heavy atom. The first-order valence-electron chi connectivity index (χ1n) is 10.5. The second kappa shape index (κ2) is 12.0. The molecule has 3 heteroatoms.